The van der Waals surface area contributed by atoms with E-state index in [1.807, 2.05) is 25.1 Å². The fourth-order valence-electron chi connectivity index (χ4n) is 2.30. The van der Waals surface area contributed by atoms with E-state index in [0.717, 1.165) is 19.3 Å². The number of carbonyl (C=O) groups is 2. The molecule has 1 aliphatic carbocycles. The third-order valence-corrected chi connectivity index (χ3v) is 3.34. The van der Waals surface area contributed by atoms with Crippen LogP contribution in [-0.4, -0.2) is 24.9 Å². The Kier molecular flexibility index (Phi) is 4.55. The first kappa shape index (κ1) is 13.6. The number of aryl methyl sites for hydroxylation is 2. The number of rotatable bonds is 5. The van der Waals surface area contributed by atoms with Crippen LogP contribution in [0, 0.1) is 0 Å². The fraction of sp³-hybridized carbons (Fsp3) is 0.467. The molecule has 0 unspecified atom stereocenters. The first-order valence-electron chi connectivity index (χ1n) is 6.87. The van der Waals surface area contributed by atoms with Crippen LogP contribution < -0.4 is 10.6 Å². The van der Waals surface area contributed by atoms with Crippen LogP contribution >= 0.6 is 0 Å². The molecule has 0 atom stereocenters. The summed E-state index contributed by atoms with van der Waals surface area (Å²) in [5, 5.41) is 5.37. The SMILES string of the molecule is CCCNC(=O)CNC(=O)c1ccc2c(c1)CCC2. The molecule has 0 radical (unpaired) electrons. The van der Waals surface area contributed by atoms with Crippen LogP contribution in [0.1, 0.15) is 41.3 Å². The molecule has 0 saturated heterocycles. The molecule has 0 fully saturated rings. The van der Waals surface area contributed by atoms with Gasteiger partial charge in [0.15, 0.2) is 0 Å². The van der Waals surface area contributed by atoms with Crippen molar-refractivity contribution >= 4 is 11.8 Å². The quantitative estimate of drug-likeness (QED) is 0.841. The van der Waals surface area contributed by atoms with Crippen molar-refractivity contribution in [3.05, 3.63) is 34.9 Å². The van der Waals surface area contributed by atoms with E-state index in [1.165, 1.54) is 17.5 Å². The minimum absolute atomic E-state index is 0.0376. The average Bonchev–Trinajstić information content (AvgIpc) is 2.89. The van der Waals surface area contributed by atoms with E-state index in [4.69, 9.17) is 0 Å². The summed E-state index contributed by atoms with van der Waals surface area (Å²) >= 11 is 0. The molecule has 102 valence electrons. The largest absolute Gasteiger partial charge is 0.355 e. The number of carbonyl (C=O) groups excluding carboxylic acids is 2. The molecular formula is C15H20N2O2. The van der Waals surface area contributed by atoms with Gasteiger partial charge < -0.3 is 10.6 Å². The molecule has 0 bridgehead atoms. The highest BCUT2D eigenvalue weighted by molar-refractivity contribution is 5.96. The van der Waals surface area contributed by atoms with Crippen molar-refractivity contribution in [2.24, 2.45) is 0 Å². The fourth-order valence-corrected chi connectivity index (χ4v) is 2.30. The normalized spacial score (nSPS) is 12.9. The smallest absolute Gasteiger partial charge is 0.251 e. The summed E-state index contributed by atoms with van der Waals surface area (Å²) in [6.07, 6.45) is 4.22. The Morgan fingerprint density at radius 3 is 2.74 bits per heavy atom. The van der Waals surface area contributed by atoms with Crippen molar-refractivity contribution < 1.29 is 9.59 Å². The molecule has 4 heteroatoms. The number of amides is 2. The second kappa shape index (κ2) is 6.36. The maximum atomic E-state index is 11.9. The lowest BCUT2D eigenvalue weighted by atomic mass is 10.1. The predicted molar refractivity (Wildman–Crippen MR) is 74.1 cm³/mol. The minimum Gasteiger partial charge on any atom is -0.355 e. The van der Waals surface area contributed by atoms with Gasteiger partial charge in [-0.3, -0.25) is 9.59 Å². The Hall–Kier alpha value is -1.84. The lowest BCUT2D eigenvalue weighted by Gasteiger charge is -2.07. The summed E-state index contributed by atoms with van der Waals surface area (Å²) in [4.78, 5) is 23.3. The van der Waals surface area contributed by atoms with Crippen molar-refractivity contribution in [3.63, 3.8) is 0 Å². The minimum atomic E-state index is -0.179. The summed E-state index contributed by atoms with van der Waals surface area (Å²) in [6.45, 7) is 2.67. The second-order valence-electron chi connectivity index (χ2n) is 4.87. The number of benzene rings is 1. The molecule has 2 amide bonds. The van der Waals surface area contributed by atoms with Gasteiger partial charge in [0, 0.05) is 12.1 Å². The van der Waals surface area contributed by atoms with Gasteiger partial charge in [-0.05, 0) is 48.9 Å². The highest BCUT2D eigenvalue weighted by Crippen LogP contribution is 2.22. The topological polar surface area (TPSA) is 58.2 Å². The van der Waals surface area contributed by atoms with Crippen LogP contribution in [0.5, 0.6) is 0 Å². The van der Waals surface area contributed by atoms with E-state index < -0.39 is 0 Å². The standard InChI is InChI=1S/C15H20N2O2/c1-2-8-16-14(18)10-17-15(19)13-7-6-11-4-3-5-12(11)9-13/h6-7,9H,2-5,8,10H2,1H3,(H,16,18)(H,17,19). The molecule has 1 aliphatic rings. The Labute approximate surface area is 113 Å². The zero-order valence-electron chi connectivity index (χ0n) is 11.3. The Morgan fingerprint density at radius 2 is 1.95 bits per heavy atom. The first-order chi connectivity index (χ1) is 9.20. The maximum absolute atomic E-state index is 11.9. The number of nitrogens with one attached hydrogen (secondary N) is 2. The monoisotopic (exact) mass is 260 g/mol. The van der Waals surface area contributed by atoms with Crippen molar-refractivity contribution in [1.29, 1.82) is 0 Å². The van der Waals surface area contributed by atoms with Gasteiger partial charge >= 0.3 is 0 Å². The zero-order chi connectivity index (χ0) is 13.7. The van der Waals surface area contributed by atoms with E-state index in [0.29, 0.717) is 12.1 Å². The Balaban J connectivity index is 1.88. The van der Waals surface area contributed by atoms with Crippen LogP contribution in [-0.2, 0) is 17.6 Å². The van der Waals surface area contributed by atoms with Gasteiger partial charge in [0.05, 0.1) is 6.54 Å². The zero-order valence-corrected chi connectivity index (χ0v) is 11.3. The first-order valence-corrected chi connectivity index (χ1v) is 6.87. The number of hydrogen-bond acceptors (Lipinski definition) is 2. The van der Waals surface area contributed by atoms with Crippen molar-refractivity contribution in [1.82, 2.24) is 10.6 Å². The molecular weight excluding hydrogens is 240 g/mol. The molecule has 1 aromatic rings. The van der Waals surface area contributed by atoms with Crippen LogP contribution in [0.3, 0.4) is 0 Å². The maximum Gasteiger partial charge on any atom is 0.251 e. The van der Waals surface area contributed by atoms with Gasteiger partial charge in [0.2, 0.25) is 5.91 Å². The summed E-state index contributed by atoms with van der Waals surface area (Å²) in [6, 6.07) is 5.81. The third-order valence-electron chi connectivity index (χ3n) is 3.34. The van der Waals surface area contributed by atoms with Crippen LogP contribution in [0.25, 0.3) is 0 Å². The lowest BCUT2D eigenvalue weighted by molar-refractivity contribution is -0.120. The summed E-state index contributed by atoms with van der Waals surface area (Å²) < 4.78 is 0. The lowest BCUT2D eigenvalue weighted by Crippen LogP contribution is -2.37. The Bertz CT molecular complexity index is 483. The average molecular weight is 260 g/mol. The molecule has 0 saturated carbocycles. The van der Waals surface area contributed by atoms with Crippen LogP contribution in [0.2, 0.25) is 0 Å². The van der Waals surface area contributed by atoms with Gasteiger partial charge in [0.1, 0.15) is 0 Å². The molecule has 19 heavy (non-hydrogen) atoms. The Morgan fingerprint density at radius 1 is 1.16 bits per heavy atom. The predicted octanol–water partition coefficient (Wildman–Crippen LogP) is 1.43. The molecule has 2 rings (SSSR count). The number of fused-ring (bicyclic) bond motifs is 1. The van der Waals surface area contributed by atoms with E-state index >= 15 is 0 Å². The van der Waals surface area contributed by atoms with Gasteiger partial charge in [-0.25, -0.2) is 0 Å². The van der Waals surface area contributed by atoms with Crippen molar-refractivity contribution in [2.75, 3.05) is 13.1 Å². The third kappa shape index (κ3) is 3.56. The molecule has 1 aromatic carbocycles. The molecule has 0 heterocycles. The number of hydrogen-bond donors (Lipinski definition) is 2. The summed E-state index contributed by atoms with van der Waals surface area (Å²) in [7, 11) is 0. The second-order valence-corrected chi connectivity index (χ2v) is 4.87. The highest BCUT2D eigenvalue weighted by atomic mass is 16.2. The molecule has 0 aromatic heterocycles. The van der Waals surface area contributed by atoms with Crippen molar-refractivity contribution in [3.8, 4) is 0 Å². The van der Waals surface area contributed by atoms with Gasteiger partial charge in [0.25, 0.3) is 5.91 Å². The summed E-state index contributed by atoms with van der Waals surface area (Å²) in [5.41, 5.74) is 3.25. The van der Waals surface area contributed by atoms with Crippen LogP contribution in [0.15, 0.2) is 18.2 Å². The van der Waals surface area contributed by atoms with E-state index in [1.54, 1.807) is 0 Å². The van der Waals surface area contributed by atoms with E-state index in [2.05, 4.69) is 10.6 Å². The molecule has 0 spiro atoms. The highest BCUT2D eigenvalue weighted by Gasteiger charge is 2.14. The summed E-state index contributed by atoms with van der Waals surface area (Å²) in [5.74, 6) is -0.322. The molecule has 0 aliphatic heterocycles. The van der Waals surface area contributed by atoms with Gasteiger partial charge in [-0.15, -0.1) is 0 Å². The van der Waals surface area contributed by atoms with Crippen LogP contribution in [0.4, 0.5) is 0 Å². The van der Waals surface area contributed by atoms with E-state index in [9.17, 15) is 9.59 Å². The molecule has 4 nitrogen and oxygen atoms in total. The van der Waals surface area contributed by atoms with Gasteiger partial charge in [-0.2, -0.15) is 0 Å². The van der Waals surface area contributed by atoms with Crippen molar-refractivity contribution in [2.45, 2.75) is 32.6 Å². The molecule has 2 N–H and O–H groups in total. The van der Waals surface area contributed by atoms with E-state index in [-0.39, 0.29) is 18.4 Å². The van der Waals surface area contributed by atoms with Gasteiger partial charge in [-0.1, -0.05) is 13.0 Å².